The molecule has 2 aromatic carbocycles. The van der Waals surface area contributed by atoms with Gasteiger partial charge in [-0.3, -0.25) is 14.4 Å². The zero-order chi connectivity index (χ0) is 20.0. The zero-order valence-corrected chi connectivity index (χ0v) is 16.7. The van der Waals surface area contributed by atoms with Crippen LogP contribution < -0.4 is 14.8 Å². The largest absolute Gasteiger partial charge is 0.492 e. The van der Waals surface area contributed by atoms with Gasteiger partial charge in [0.1, 0.15) is 12.4 Å². The van der Waals surface area contributed by atoms with Gasteiger partial charge in [-0.1, -0.05) is 12.1 Å². The van der Waals surface area contributed by atoms with E-state index in [2.05, 4.69) is 14.9 Å². The number of carbonyl (C=O) groups is 1. The van der Waals surface area contributed by atoms with Gasteiger partial charge in [-0.2, -0.15) is 0 Å². The lowest BCUT2D eigenvalue weighted by molar-refractivity contribution is 0.102. The molecule has 28 heavy (non-hydrogen) atoms. The Labute approximate surface area is 165 Å². The van der Waals surface area contributed by atoms with E-state index in [9.17, 15) is 13.2 Å². The van der Waals surface area contributed by atoms with Gasteiger partial charge < -0.3 is 10.1 Å². The zero-order valence-electron chi connectivity index (χ0n) is 15.8. The Bertz CT molecular complexity index is 907. The van der Waals surface area contributed by atoms with Crippen LogP contribution in [0.4, 0.5) is 11.4 Å². The van der Waals surface area contributed by atoms with Gasteiger partial charge >= 0.3 is 0 Å². The predicted octanol–water partition coefficient (Wildman–Crippen LogP) is 2.79. The molecule has 0 bridgehead atoms. The van der Waals surface area contributed by atoms with Crippen LogP contribution in [0.25, 0.3) is 0 Å². The highest BCUT2D eigenvalue weighted by Gasteiger charge is 2.14. The standard InChI is InChI=1S/C20H25N3O4S/c1-28(25,26)22-19-7-3-2-6-18(19)20(24)21-16-8-10-17(11-9-16)27-15-14-23-12-4-5-13-23/h2-3,6-11,22H,4-5,12-15H2,1H3,(H,21,24). The summed E-state index contributed by atoms with van der Waals surface area (Å²) >= 11 is 0. The summed E-state index contributed by atoms with van der Waals surface area (Å²) in [5.74, 6) is 0.353. The molecule has 1 aliphatic rings. The number of hydrogen-bond acceptors (Lipinski definition) is 5. The number of hydrogen-bond donors (Lipinski definition) is 2. The van der Waals surface area contributed by atoms with Gasteiger partial charge in [-0.25, -0.2) is 8.42 Å². The molecule has 0 spiro atoms. The van der Waals surface area contributed by atoms with Crippen molar-refractivity contribution in [3.05, 3.63) is 54.1 Å². The molecular weight excluding hydrogens is 378 g/mol. The molecule has 0 radical (unpaired) electrons. The van der Waals surface area contributed by atoms with Crippen molar-refractivity contribution in [3.8, 4) is 5.75 Å². The number of para-hydroxylation sites is 1. The number of rotatable bonds is 8. The van der Waals surface area contributed by atoms with Gasteiger partial charge in [0.15, 0.2) is 0 Å². The van der Waals surface area contributed by atoms with Crippen LogP contribution in [0, 0.1) is 0 Å². The molecule has 2 N–H and O–H groups in total. The first-order chi connectivity index (χ1) is 13.4. The van der Waals surface area contributed by atoms with Crippen molar-refractivity contribution in [2.45, 2.75) is 12.8 Å². The topological polar surface area (TPSA) is 87.7 Å². The minimum Gasteiger partial charge on any atom is -0.492 e. The van der Waals surface area contributed by atoms with E-state index < -0.39 is 15.9 Å². The van der Waals surface area contributed by atoms with Crippen molar-refractivity contribution in [1.29, 1.82) is 0 Å². The molecule has 0 unspecified atom stereocenters. The van der Waals surface area contributed by atoms with Crippen LogP contribution in [-0.4, -0.2) is 51.7 Å². The number of nitrogens with zero attached hydrogens (tertiary/aromatic N) is 1. The number of amides is 1. The van der Waals surface area contributed by atoms with Crippen molar-refractivity contribution < 1.29 is 17.9 Å². The van der Waals surface area contributed by atoms with Crippen molar-refractivity contribution in [1.82, 2.24) is 4.90 Å². The third-order valence-corrected chi connectivity index (χ3v) is 5.04. The fraction of sp³-hybridized carbons (Fsp3) is 0.350. The van der Waals surface area contributed by atoms with Crippen LogP contribution in [0.5, 0.6) is 5.75 Å². The molecule has 8 heteroatoms. The Hall–Kier alpha value is -2.58. The fourth-order valence-electron chi connectivity index (χ4n) is 3.10. The highest BCUT2D eigenvalue weighted by Crippen LogP contribution is 2.20. The molecule has 3 rings (SSSR count). The summed E-state index contributed by atoms with van der Waals surface area (Å²) in [6, 6.07) is 13.6. The van der Waals surface area contributed by atoms with Gasteiger partial charge in [-0.15, -0.1) is 0 Å². The van der Waals surface area contributed by atoms with E-state index >= 15 is 0 Å². The minimum atomic E-state index is -3.48. The summed E-state index contributed by atoms with van der Waals surface area (Å²) in [4.78, 5) is 14.9. The summed E-state index contributed by atoms with van der Waals surface area (Å²) in [5, 5.41) is 2.77. The van der Waals surface area contributed by atoms with E-state index in [1.165, 1.54) is 12.8 Å². The Balaban J connectivity index is 1.57. The third-order valence-electron chi connectivity index (χ3n) is 4.45. The van der Waals surface area contributed by atoms with Gasteiger partial charge in [-0.05, 0) is 62.3 Å². The molecule has 1 aliphatic heterocycles. The number of carbonyl (C=O) groups excluding carboxylic acids is 1. The normalized spacial score (nSPS) is 14.6. The van der Waals surface area contributed by atoms with Crippen LogP contribution in [0.2, 0.25) is 0 Å². The number of nitrogens with one attached hydrogen (secondary N) is 2. The number of anilines is 2. The maximum atomic E-state index is 12.5. The second-order valence-electron chi connectivity index (χ2n) is 6.80. The third kappa shape index (κ3) is 5.97. The first-order valence-corrected chi connectivity index (χ1v) is 11.1. The summed E-state index contributed by atoms with van der Waals surface area (Å²) in [5.41, 5.74) is 1.09. The SMILES string of the molecule is CS(=O)(=O)Nc1ccccc1C(=O)Nc1ccc(OCCN2CCCC2)cc1. The van der Waals surface area contributed by atoms with Crippen molar-refractivity contribution >= 4 is 27.3 Å². The van der Waals surface area contributed by atoms with Crippen LogP contribution >= 0.6 is 0 Å². The molecule has 1 heterocycles. The maximum absolute atomic E-state index is 12.5. The number of benzene rings is 2. The maximum Gasteiger partial charge on any atom is 0.257 e. The highest BCUT2D eigenvalue weighted by molar-refractivity contribution is 7.92. The molecule has 7 nitrogen and oxygen atoms in total. The van der Waals surface area contributed by atoms with Crippen LogP contribution in [0.3, 0.4) is 0 Å². The first kappa shape index (κ1) is 20.2. The average molecular weight is 404 g/mol. The van der Waals surface area contributed by atoms with Crippen molar-refractivity contribution in [2.24, 2.45) is 0 Å². The van der Waals surface area contributed by atoms with E-state index in [1.54, 1.807) is 48.5 Å². The second-order valence-corrected chi connectivity index (χ2v) is 8.54. The lowest BCUT2D eigenvalue weighted by atomic mass is 10.1. The first-order valence-electron chi connectivity index (χ1n) is 9.24. The van der Waals surface area contributed by atoms with E-state index in [-0.39, 0.29) is 11.3 Å². The molecule has 1 fully saturated rings. The summed E-state index contributed by atoms with van der Waals surface area (Å²) in [6.07, 6.45) is 3.57. The van der Waals surface area contributed by atoms with Crippen LogP contribution in [-0.2, 0) is 10.0 Å². The van der Waals surface area contributed by atoms with Crippen molar-refractivity contribution in [3.63, 3.8) is 0 Å². The minimum absolute atomic E-state index is 0.240. The average Bonchev–Trinajstić information content (AvgIpc) is 3.16. The molecule has 0 aliphatic carbocycles. The smallest absolute Gasteiger partial charge is 0.257 e. The molecule has 0 saturated carbocycles. The highest BCUT2D eigenvalue weighted by atomic mass is 32.2. The van der Waals surface area contributed by atoms with E-state index in [0.29, 0.717) is 12.3 Å². The Morgan fingerprint density at radius 2 is 1.75 bits per heavy atom. The molecule has 0 atom stereocenters. The second kappa shape index (κ2) is 9.07. The predicted molar refractivity (Wildman–Crippen MR) is 110 cm³/mol. The lowest BCUT2D eigenvalue weighted by Gasteiger charge is -2.15. The van der Waals surface area contributed by atoms with Crippen molar-refractivity contribution in [2.75, 3.05) is 42.5 Å². The molecule has 150 valence electrons. The number of likely N-dealkylation sites (tertiary alicyclic amines) is 1. The number of ether oxygens (including phenoxy) is 1. The monoisotopic (exact) mass is 403 g/mol. The van der Waals surface area contributed by atoms with Crippen LogP contribution in [0.1, 0.15) is 23.2 Å². The lowest BCUT2D eigenvalue weighted by Crippen LogP contribution is -2.25. The van der Waals surface area contributed by atoms with Crippen LogP contribution in [0.15, 0.2) is 48.5 Å². The number of sulfonamides is 1. The van der Waals surface area contributed by atoms with Gasteiger partial charge in [0.25, 0.3) is 5.91 Å². The van der Waals surface area contributed by atoms with E-state index in [0.717, 1.165) is 31.6 Å². The quantitative estimate of drug-likeness (QED) is 0.708. The summed E-state index contributed by atoms with van der Waals surface area (Å²) < 4.78 is 31.1. The van der Waals surface area contributed by atoms with Gasteiger partial charge in [0, 0.05) is 12.2 Å². The Morgan fingerprint density at radius 1 is 1.07 bits per heavy atom. The molecule has 0 aromatic heterocycles. The van der Waals surface area contributed by atoms with E-state index in [1.807, 2.05) is 0 Å². The summed E-state index contributed by atoms with van der Waals surface area (Å²) in [6.45, 7) is 3.84. The van der Waals surface area contributed by atoms with Gasteiger partial charge in [0.05, 0.1) is 17.5 Å². The van der Waals surface area contributed by atoms with Gasteiger partial charge in [0.2, 0.25) is 10.0 Å². The van der Waals surface area contributed by atoms with E-state index in [4.69, 9.17) is 4.74 Å². The Morgan fingerprint density at radius 3 is 2.43 bits per heavy atom. The molecular formula is C20H25N3O4S. The molecule has 2 aromatic rings. The summed E-state index contributed by atoms with van der Waals surface area (Å²) in [7, 11) is -3.48. The molecule has 1 amide bonds. The Kier molecular flexibility index (Phi) is 6.53. The fourth-order valence-corrected chi connectivity index (χ4v) is 3.68. The molecule has 1 saturated heterocycles.